The molecule has 0 saturated carbocycles. The molecule has 1 atom stereocenters. The molecule has 1 amide bonds. The van der Waals surface area contributed by atoms with Crippen molar-refractivity contribution in [2.75, 3.05) is 18.6 Å². The lowest BCUT2D eigenvalue weighted by atomic mass is 10.2. The molecule has 3 N–H and O–H groups in total. The smallest absolute Gasteiger partial charge is 0.267 e. The number of aliphatic hydroxyl groups is 1. The third kappa shape index (κ3) is 4.13. The second kappa shape index (κ2) is 6.99. The molecule has 5 nitrogen and oxygen atoms in total. The van der Waals surface area contributed by atoms with E-state index in [0.29, 0.717) is 17.8 Å². The minimum Gasteiger partial charge on any atom is -0.396 e. The van der Waals surface area contributed by atoms with Gasteiger partial charge in [0.05, 0.1) is 0 Å². The number of nitrogens with one attached hydrogen (secondary N) is 2. The Morgan fingerprint density at radius 2 is 2.47 bits per heavy atom. The van der Waals surface area contributed by atoms with Gasteiger partial charge in [0.15, 0.2) is 0 Å². The molecule has 0 saturated heterocycles. The zero-order valence-corrected chi connectivity index (χ0v) is 10.4. The van der Waals surface area contributed by atoms with Crippen molar-refractivity contribution in [3.63, 3.8) is 0 Å². The minimum absolute atomic E-state index is 0.0413. The number of aliphatic hydroxyl groups excluding tert-OH is 1. The Hall–Kier alpha value is -1.45. The van der Waals surface area contributed by atoms with Gasteiger partial charge in [-0.05, 0) is 24.8 Å². The van der Waals surface area contributed by atoms with Gasteiger partial charge in [0.25, 0.3) is 5.91 Å². The van der Waals surface area contributed by atoms with E-state index in [-0.39, 0.29) is 18.6 Å². The predicted octanol–water partition coefficient (Wildman–Crippen LogP) is 0.730. The highest BCUT2D eigenvalue weighted by Crippen LogP contribution is 2.05. The van der Waals surface area contributed by atoms with Crippen molar-refractivity contribution in [3.05, 3.63) is 23.5 Å². The van der Waals surface area contributed by atoms with Gasteiger partial charge in [-0.25, -0.2) is 0 Å². The SMILES string of the molecule is CSCC(CCO)NC(=O)c1ccc(C#N)[nH]1. The third-order valence-electron chi connectivity index (χ3n) is 2.23. The maximum atomic E-state index is 11.8. The number of rotatable bonds is 6. The molecule has 0 radical (unpaired) electrons. The molecule has 1 heterocycles. The average Bonchev–Trinajstić information content (AvgIpc) is 2.78. The Morgan fingerprint density at radius 1 is 1.71 bits per heavy atom. The maximum Gasteiger partial charge on any atom is 0.267 e. The van der Waals surface area contributed by atoms with Crippen LogP contribution in [0.3, 0.4) is 0 Å². The van der Waals surface area contributed by atoms with Gasteiger partial charge >= 0.3 is 0 Å². The van der Waals surface area contributed by atoms with Crippen LogP contribution in [0, 0.1) is 11.3 Å². The van der Waals surface area contributed by atoms with E-state index >= 15 is 0 Å². The van der Waals surface area contributed by atoms with Gasteiger partial charge in [-0.3, -0.25) is 4.79 Å². The summed E-state index contributed by atoms with van der Waals surface area (Å²) in [4.78, 5) is 14.5. The average molecular weight is 253 g/mol. The van der Waals surface area contributed by atoms with Gasteiger partial charge in [-0.15, -0.1) is 0 Å². The first-order chi connectivity index (χ1) is 8.21. The lowest BCUT2D eigenvalue weighted by Gasteiger charge is -2.15. The van der Waals surface area contributed by atoms with Gasteiger partial charge in [-0.1, -0.05) is 0 Å². The van der Waals surface area contributed by atoms with Crippen molar-refractivity contribution >= 4 is 17.7 Å². The van der Waals surface area contributed by atoms with E-state index in [1.165, 1.54) is 0 Å². The Labute approximate surface area is 104 Å². The van der Waals surface area contributed by atoms with Gasteiger partial charge in [0, 0.05) is 18.4 Å². The van der Waals surface area contributed by atoms with Crippen LogP contribution in [0.1, 0.15) is 22.6 Å². The van der Waals surface area contributed by atoms with Gasteiger partial charge < -0.3 is 15.4 Å². The van der Waals surface area contributed by atoms with Crippen molar-refractivity contribution in [3.8, 4) is 6.07 Å². The molecular weight excluding hydrogens is 238 g/mol. The normalized spacial score (nSPS) is 11.8. The predicted molar refractivity (Wildman–Crippen MR) is 66.8 cm³/mol. The van der Waals surface area contributed by atoms with Crippen molar-refractivity contribution in [1.82, 2.24) is 10.3 Å². The number of carbonyl (C=O) groups is 1. The van der Waals surface area contributed by atoms with E-state index < -0.39 is 0 Å². The second-order valence-corrected chi connectivity index (χ2v) is 4.45. The van der Waals surface area contributed by atoms with Crippen LogP contribution >= 0.6 is 11.8 Å². The molecule has 1 unspecified atom stereocenters. The standard InChI is InChI=1S/C11H15N3O2S/c1-17-7-9(4-5-15)14-11(16)10-3-2-8(6-12)13-10/h2-3,9,13,15H,4-5,7H2,1H3,(H,14,16). The number of hydrogen-bond acceptors (Lipinski definition) is 4. The first-order valence-corrected chi connectivity index (χ1v) is 6.60. The van der Waals surface area contributed by atoms with Crippen molar-refractivity contribution < 1.29 is 9.90 Å². The Kier molecular flexibility index (Phi) is 5.60. The van der Waals surface area contributed by atoms with E-state index in [1.54, 1.807) is 23.9 Å². The number of nitriles is 1. The summed E-state index contributed by atoms with van der Waals surface area (Å²) in [5.74, 6) is 0.497. The summed E-state index contributed by atoms with van der Waals surface area (Å²) in [6, 6.07) is 5.00. The highest BCUT2D eigenvalue weighted by molar-refractivity contribution is 7.98. The van der Waals surface area contributed by atoms with Crippen molar-refractivity contribution in [2.45, 2.75) is 12.5 Å². The van der Waals surface area contributed by atoms with E-state index in [0.717, 1.165) is 5.75 Å². The van der Waals surface area contributed by atoms with Crippen LogP contribution in [0.15, 0.2) is 12.1 Å². The van der Waals surface area contributed by atoms with Gasteiger partial charge in [0.2, 0.25) is 0 Å². The van der Waals surface area contributed by atoms with Crippen LogP contribution in [0.4, 0.5) is 0 Å². The summed E-state index contributed by atoms with van der Waals surface area (Å²) in [5, 5.41) is 20.3. The lowest BCUT2D eigenvalue weighted by molar-refractivity contribution is 0.0931. The second-order valence-electron chi connectivity index (χ2n) is 3.54. The number of nitrogens with zero attached hydrogens (tertiary/aromatic N) is 1. The molecule has 1 rings (SSSR count). The zero-order valence-electron chi connectivity index (χ0n) is 9.56. The first kappa shape index (κ1) is 13.6. The molecule has 0 spiro atoms. The Balaban J connectivity index is 2.60. The largest absolute Gasteiger partial charge is 0.396 e. The maximum absolute atomic E-state index is 11.8. The molecular formula is C11H15N3O2S. The summed E-state index contributed by atoms with van der Waals surface area (Å²) in [7, 11) is 0. The minimum atomic E-state index is -0.251. The number of carbonyl (C=O) groups excluding carboxylic acids is 1. The monoisotopic (exact) mass is 253 g/mol. The van der Waals surface area contributed by atoms with Crippen LogP contribution in [0.2, 0.25) is 0 Å². The first-order valence-electron chi connectivity index (χ1n) is 5.21. The van der Waals surface area contributed by atoms with Crippen LogP contribution in [0.5, 0.6) is 0 Å². The Bertz CT molecular complexity index is 405. The summed E-state index contributed by atoms with van der Waals surface area (Å²) in [6.07, 6.45) is 2.47. The Morgan fingerprint density at radius 3 is 3.00 bits per heavy atom. The lowest BCUT2D eigenvalue weighted by Crippen LogP contribution is -2.37. The highest BCUT2D eigenvalue weighted by atomic mass is 32.2. The van der Waals surface area contributed by atoms with Gasteiger partial charge in [0.1, 0.15) is 17.5 Å². The van der Waals surface area contributed by atoms with Crippen molar-refractivity contribution in [1.29, 1.82) is 5.26 Å². The fourth-order valence-corrected chi connectivity index (χ4v) is 2.06. The molecule has 17 heavy (non-hydrogen) atoms. The number of thioether (sulfide) groups is 1. The van der Waals surface area contributed by atoms with E-state index in [4.69, 9.17) is 10.4 Å². The topological polar surface area (TPSA) is 88.9 Å². The number of H-pyrrole nitrogens is 1. The van der Waals surface area contributed by atoms with E-state index in [2.05, 4.69) is 10.3 Å². The van der Waals surface area contributed by atoms with Gasteiger partial charge in [-0.2, -0.15) is 17.0 Å². The van der Waals surface area contributed by atoms with E-state index in [9.17, 15) is 4.79 Å². The molecule has 0 aliphatic rings. The number of amides is 1. The van der Waals surface area contributed by atoms with E-state index in [1.807, 2.05) is 12.3 Å². The van der Waals surface area contributed by atoms with Crippen LogP contribution in [-0.2, 0) is 0 Å². The number of aromatic amines is 1. The molecule has 0 aliphatic heterocycles. The fourth-order valence-electron chi connectivity index (χ4n) is 1.41. The molecule has 92 valence electrons. The summed E-state index contributed by atoms with van der Waals surface area (Å²) < 4.78 is 0. The van der Waals surface area contributed by atoms with Crippen molar-refractivity contribution in [2.24, 2.45) is 0 Å². The molecule has 1 aromatic heterocycles. The fraction of sp³-hybridized carbons (Fsp3) is 0.455. The van der Waals surface area contributed by atoms with Crippen LogP contribution < -0.4 is 5.32 Å². The third-order valence-corrected chi connectivity index (χ3v) is 2.97. The molecule has 0 aromatic carbocycles. The summed E-state index contributed by atoms with van der Waals surface area (Å²) in [6.45, 7) is 0.0413. The molecule has 6 heteroatoms. The molecule has 0 bridgehead atoms. The van der Waals surface area contributed by atoms with Crippen LogP contribution in [-0.4, -0.2) is 40.7 Å². The summed E-state index contributed by atoms with van der Waals surface area (Å²) in [5.41, 5.74) is 0.726. The number of aromatic nitrogens is 1. The molecule has 0 aliphatic carbocycles. The van der Waals surface area contributed by atoms with Crippen LogP contribution in [0.25, 0.3) is 0 Å². The molecule has 1 aromatic rings. The number of hydrogen-bond donors (Lipinski definition) is 3. The quantitative estimate of drug-likeness (QED) is 0.697. The zero-order chi connectivity index (χ0) is 12.7. The highest BCUT2D eigenvalue weighted by Gasteiger charge is 2.14. The summed E-state index contributed by atoms with van der Waals surface area (Å²) >= 11 is 1.61. The molecule has 0 fully saturated rings.